The maximum Gasteiger partial charge on any atom is 0.222 e. The highest BCUT2D eigenvalue weighted by atomic mass is 35.5. The van der Waals surface area contributed by atoms with E-state index in [0.29, 0.717) is 11.8 Å². The van der Waals surface area contributed by atoms with E-state index in [1.165, 1.54) is 44.9 Å². The van der Waals surface area contributed by atoms with Gasteiger partial charge in [0.2, 0.25) is 5.91 Å². The Morgan fingerprint density at radius 2 is 1.90 bits per heavy atom. The Morgan fingerprint density at radius 3 is 2.57 bits per heavy atom. The first kappa shape index (κ1) is 18.8. The first-order valence-corrected chi connectivity index (χ1v) is 8.70. The standard InChI is InChI=1S/C17H32N2O.ClH/c1-14(18)16-10-6-12-19(13-16)17(20)11-5-9-15-7-3-2-4-8-15;/h14-16H,2-13,18H2,1H3;1H. The van der Waals surface area contributed by atoms with Crippen molar-refractivity contribution in [1.82, 2.24) is 4.90 Å². The molecule has 2 atom stereocenters. The normalized spacial score (nSPS) is 25.2. The van der Waals surface area contributed by atoms with Gasteiger partial charge < -0.3 is 10.6 Å². The van der Waals surface area contributed by atoms with Crippen molar-refractivity contribution in [2.75, 3.05) is 13.1 Å². The van der Waals surface area contributed by atoms with Gasteiger partial charge in [0, 0.05) is 25.6 Å². The molecule has 2 N–H and O–H groups in total. The zero-order valence-corrected chi connectivity index (χ0v) is 14.4. The van der Waals surface area contributed by atoms with Crippen molar-refractivity contribution >= 4 is 18.3 Å². The van der Waals surface area contributed by atoms with Gasteiger partial charge in [-0.15, -0.1) is 12.4 Å². The topological polar surface area (TPSA) is 46.3 Å². The van der Waals surface area contributed by atoms with Gasteiger partial charge in [-0.1, -0.05) is 32.1 Å². The van der Waals surface area contributed by atoms with Crippen LogP contribution in [0.3, 0.4) is 0 Å². The lowest BCUT2D eigenvalue weighted by molar-refractivity contribution is -0.133. The summed E-state index contributed by atoms with van der Waals surface area (Å²) in [7, 11) is 0. The van der Waals surface area contributed by atoms with Crippen molar-refractivity contribution in [3.05, 3.63) is 0 Å². The Balaban J connectivity index is 0.00000220. The summed E-state index contributed by atoms with van der Waals surface area (Å²) in [5, 5.41) is 0. The number of likely N-dealkylation sites (tertiary alicyclic amines) is 1. The molecule has 0 radical (unpaired) electrons. The van der Waals surface area contributed by atoms with Gasteiger partial charge in [-0.3, -0.25) is 4.79 Å². The average Bonchev–Trinajstić information content (AvgIpc) is 2.48. The average molecular weight is 317 g/mol. The third-order valence-corrected chi connectivity index (χ3v) is 5.28. The molecule has 124 valence electrons. The Hall–Kier alpha value is -0.280. The number of rotatable bonds is 5. The Kier molecular flexibility index (Phi) is 8.65. The predicted molar refractivity (Wildman–Crippen MR) is 90.6 cm³/mol. The van der Waals surface area contributed by atoms with Crippen LogP contribution in [-0.2, 0) is 4.79 Å². The molecule has 2 aliphatic rings. The summed E-state index contributed by atoms with van der Waals surface area (Å²) in [5.74, 6) is 1.77. The Bertz CT molecular complexity index is 303. The molecular weight excluding hydrogens is 284 g/mol. The second-order valence-electron chi connectivity index (χ2n) is 7.00. The highest BCUT2D eigenvalue weighted by molar-refractivity contribution is 5.85. The second kappa shape index (κ2) is 9.68. The van der Waals surface area contributed by atoms with Gasteiger partial charge in [0.15, 0.2) is 0 Å². The van der Waals surface area contributed by atoms with Crippen LogP contribution in [0.25, 0.3) is 0 Å². The van der Waals surface area contributed by atoms with E-state index in [1.54, 1.807) is 0 Å². The molecule has 0 aromatic rings. The summed E-state index contributed by atoms with van der Waals surface area (Å²) in [6.45, 7) is 3.91. The van der Waals surface area contributed by atoms with Gasteiger partial charge in [-0.05, 0) is 44.4 Å². The summed E-state index contributed by atoms with van der Waals surface area (Å²) >= 11 is 0. The fourth-order valence-corrected chi connectivity index (χ4v) is 3.84. The number of piperidine rings is 1. The fourth-order valence-electron chi connectivity index (χ4n) is 3.84. The van der Waals surface area contributed by atoms with Crippen LogP contribution >= 0.6 is 12.4 Å². The first-order valence-electron chi connectivity index (χ1n) is 8.70. The number of nitrogens with zero attached hydrogens (tertiary/aromatic N) is 1. The molecule has 2 fully saturated rings. The van der Waals surface area contributed by atoms with Crippen LogP contribution in [0, 0.1) is 11.8 Å². The zero-order valence-electron chi connectivity index (χ0n) is 13.6. The van der Waals surface area contributed by atoms with E-state index in [0.717, 1.165) is 38.3 Å². The van der Waals surface area contributed by atoms with E-state index in [1.807, 2.05) is 0 Å². The molecule has 3 nitrogen and oxygen atoms in total. The third-order valence-electron chi connectivity index (χ3n) is 5.28. The highest BCUT2D eigenvalue weighted by Gasteiger charge is 2.25. The lowest BCUT2D eigenvalue weighted by Gasteiger charge is -2.34. The Morgan fingerprint density at radius 1 is 1.19 bits per heavy atom. The molecule has 1 aliphatic heterocycles. The summed E-state index contributed by atoms with van der Waals surface area (Å²) in [4.78, 5) is 14.4. The quantitative estimate of drug-likeness (QED) is 0.839. The minimum Gasteiger partial charge on any atom is -0.342 e. The van der Waals surface area contributed by atoms with Crippen LogP contribution in [0.4, 0.5) is 0 Å². The fraction of sp³-hybridized carbons (Fsp3) is 0.941. The van der Waals surface area contributed by atoms with Crippen molar-refractivity contribution in [2.24, 2.45) is 17.6 Å². The van der Waals surface area contributed by atoms with Crippen molar-refractivity contribution in [3.8, 4) is 0 Å². The lowest BCUT2D eigenvalue weighted by Crippen LogP contribution is -2.45. The number of nitrogens with two attached hydrogens (primary N) is 1. The largest absolute Gasteiger partial charge is 0.342 e. The SMILES string of the molecule is CC(N)C1CCCN(C(=O)CCCC2CCCCC2)C1.Cl. The molecule has 1 aliphatic carbocycles. The van der Waals surface area contributed by atoms with Crippen LogP contribution in [-0.4, -0.2) is 29.9 Å². The monoisotopic (exact) mass is 316 g/mol. The number of carbonyl (C=O) groups is 1. The van der Waals surface area contributed by atoms with Crippen molar-refractivity contribution in [2.45, 2.75) is 77.2 Å². The van der Waals surface area contributed by atoms with Gasteiger partial charge in [-0.2, -0.15) is 0 Å². The molecule has 2 unspecified atom stereocenters. The molecule has 0 aromatic heterocycles. The first-order chi connectivity index (χ1) is 9.66. The maximum atomic E-state index is 12.3. The molecule has 1 amide bonds. The third kappa shape index (κ3) is 6.15. The molecule has 2 rings (SSSR count). The van der Waals surface area contributed by atoms with Crippen LogP contribution in [0.1, 0.15) is 71.1 Å². The molecule has 21 heavy (non-hydrogen) atoms. The number of halogens is 1. The van der Waals surface area contributed by atoms with E-state index < -0.39 is 0 Å². The number of carbonyl (C=O) groups excluding carboxylic acids is 1. The van der Waals surface area contributed by atoms with Gasteiger partial charge in [0.1, 0.15) is 0 Å². The summed E-state index contributed by atoms with van der Waals surface area (Å²) in [5.41, 5.74) is 5.99. The van der Waals surface area contributed by atoms with Crippen molar-refractivity contribution in [3.63, 3.8) is 0 Å². The van der Waals surface area contributed by atoms with Gasteiger partial charge in [-0.25, -0.2) is 0 Å². The van der Waals surface area contributed by atoms with E-state index >= 15 is 0 Å². The zero-order chi connectivity index (χ0) is 14.4. The number of hydrogen-bond acceptors (Lipinski definition) is 2. The molecule has 0 spiro atoms. The number of amides is 1. The van der Waals surface area contributed by atoms with Crippen molar-refractivity contribution < 1.29 is 4.79 Å². The van der Waals surface area contributed by atoms with Crippen LogP contribution in [0.5, 0.6) is 0 Å². The van der Waals surface area contributed by atoms with E-state index in [4.69, 9.17) is 5.73 Å². The van der Waals surface area contributed by atoms with Gasteiger partial charge >= 0.3 is 0 Å². The van der Waals surface area contributed by atoms with Crippen molar-refractivity contribution in [1.29, 1.82) is 0 Å². The van der Waals surface area contributed by atoms with Crippen LogP contribution < -0.4 is 5.73 Å². The van der Waals surface area contributed by atoms with Crippen LogP contribution in [0.2, 0.25) is 0 Å². The molecule has 0 aromatic carbocycles. The predicted octanol–water partition coefficient (Wildman–Crippen LogP) is 3.74. The molecule has 0 bridgehead atoms. The number of hydrogen-bond donors (Lipinski definition) is 1. The lowest BCUT2D eigenvalue weighted by atomic mass is 9.85. The minimum atomic E-state index is 0. The smallest absolute Gasteiger partial charge is 0.222 e. The molecular formula is C17H33ClN2O. The van der Waals surface area contributed by atoms with Crippen LogP contribution in [0.15, 0.2) is 0 Å². The van der Waals surface area contributed by atoms with Gasteiger partial charge in [0.25, 0.3) is 0 Å². The van der Waals surface area contributed by atoms with E-state index in [2.05, 4.69) is 11.8 Å². The minimum absolute atomic E-state index is 0. The second-order valence-corrected chi connectivity index (χ2v) is 7.00. The summed E-state index contributed by atoms with van der Waals surface area (Å²) < 4.78 is 0. The molecule has 4 heteroatoms. The maximum absolute atomic E-state index is 12.3. The summed E-state index contributed by atoms with van der Waals surface area (Å²) in [6.07, 6.45) is 12.4. The summed E-state index contributed by atoms with van der Waals surface area (Å²) in [6, 6.07) is 0.216. The molecule has 1 saturated carbocycles. The van der Waals surface area contributed by atoms with E-state index in [-0.39, 0.29) is 18.4 Å². The Labute approximate surface area is 136 Å². The highest BCUT2D eigenvalue weighted by Crippen LogP contribution is 2.28. The van der Waals surface area contributed by atoms with E-state index in [9.17, 15) is 4.79 Å². The molecule has 1 heterocycles. The van der Waals surface area contributed by atoms with Gasteiger partial charge in [0.05, 0.1) is 0 Å². The molecule has 1 saturated heterocycles.